The molecule has 0 bridgehead atoms. The van der Waals surface area contributed by atoms with Crippen molar-refractivity contribution in [3.63, 3.8) is 0 Å². The molecule has 0 atom stereocenters. The number of aromatic nitrogens is 2. The van der Waals surface area contributed by atoms with Gasteiger partial charge >= 0.3 is 0 Å². The SMILES string of the molecule is CCCNc1cc(S(=O)(=O)Nc2ccncc2)ccn1. The zero-order valence-corrected chi connectivity index (χ0v) is 11.9. The van der Waals surface area contributed by atoms with Crippen LogP contribution in [-0.4, -0.2) is 24.9 Å². The molecule has 2 aromatic heterocycles. The minimum Gasteiger partial charge on any atom is -0.370 e. The lowest BCUT2D eigenvalue weighted by Crippen LogP contribution is -2.13. The first-order valence-corrected chi connectivity index (χ1v) is 7.73. The monoisotopic (exact) mass is 292 g/mol. The summed E-state index contributed by atoms with van der Waals surface area (Å²) in [5.74, 6) is 0.546. The van der Waals surface area contributed by atoms with Gasteiger partial charge in [-0.1, -0.05) is 6.92 Å². The summed E-state index contributed by atoms with van der Waals surface area (Å²) in [5, 5.41) is 3.06. The van der Waals surface area contributed by atoms with Gasteiger partial charge in [0.25, 0.3) is 10.0 Å². The average Bonchev–Trinajstić information content (AvgIpc) is 2.46. The van der Waals surface area contributed by atoms with Crippen LogP contribution in [0.2, 0.25) is 0 Å². The van der Waals surface area contributed by atoms with Crippen LogP contribution in [0.15, 0.2) is 47.8 Å². The van der Waals surface area contributed by atoms with Crippen molar-refractivity contribution < 1.29 is 8.42 Å². The molecule has 20 heavy (non-hydrogen) atoms. The predicted molar refractivity (Wildman–Crippen MR) is 78.1 cm³/mol. The minimum absolute atomic E-state index is 0.169. The predicted octanol–water partition coefficient (Wildman–Crippen LogP) is 2.10. The van der Waals surface area contributed by atoms with Crippen LogP contribution in [0.3, 0.4) is 0 Å². The largest absolute Gasteiger partial charge is 0.370 e. The lowest BCUT2D eigenvalue weighted by atomic mass is 10.4. The van der Waals surface area contributed by atoms with Crippen LogP contribution in [-0.2, 0) is 10.0 Å². The minimum atomic E-state index is -3.62. The molecule has 106 valence electrons. The fraction of sp³-hybridized carbons (Fsp3) is 0.231. The van der Waals surface area contributed by atoms with Gasteiger partial charge in [0.05, 0.1) is 10.6 Å². The summed E-state index contributed by atoms with van der Waals surface area (Å²) in [4.78, 5) is 8.09. The van der Waals surface area contributed by atoms with Gasteiger partial charge in [-0.15, -0.1) is 0 Å². The van der Waals surface area contributed by atoms with E-state index in [1.54, 1.807) is 12.1 Å². The second kappa shape index (κ2) is 6.33. The highest BCUT2D eigenvalue weighted by Gasteiger charge is 2.14. The number of rotatable bonds is 6. The molecule has 0 fully saturated rings. The molecule has 0 saturated carbocycles. The maximum absolute atomic E-state index is 12.2. The molecule has 2 rings (SSSR count). The van der Waals surface area contributed by atoms with Crippen LogP contribution in [0.1, 0.15) is 13.3 Å². The number of nitrogens with one attached hydrogen (secondary N) is 2. The molecular formula is C13H16N4O2S. The molecule has 0 radical (unpaired) electrons. The number of anilines is 2. The molecule has 0 aliphatic carbocycles. The lowest BCUT2D eigenvalue weighted by Gasteiger charge is -2.09. The Hall–Kier alpha value is -2.15. The first-order valence-electron chi connectivity index (χ1n) is 6.24. The topological polar surface area (TPSA) is 84.0 Å². The van der Waals surface area contributed by atoms with Crippen molar-refractivity contribution in [2.24, 2.45) is 0 Å². The molecule has 7 heteroatoms. The van der Waals surface area contributed by atoms with E-state index in [9.17, 15) is 8.42 Å². The van der Waals surface area contributed by atoms with Crippen LogP contribution in [0, 0.1) is 0 Å². The molecule has 0 unspecified atom stereocenters. The molecule has 0 amide bonds. The Morgan fingerprint density at radius 1 is 1.15 bits per heavy atom. The van der Waals surface area contributed by atoms with Gasteiger partial charge in [-0.05, 0) is 24.6 Å². The Balaban J connectivity index is 2.21. The van der Waals surface area contributed by atoms with Crippen molar-refractivity contribution in [1.29, 1.82) is 0 Å². The smallest absolute Gasteiger partial charge is 0.262 e. The van der Waals surface area contributed by atoms with Gasteiger partial charge < -0.3 is 5.32 Å². The second-order valence-electron chi connectivity index (χ2n) is 4.14. The van der Waals surface area contributed by atoms with Gasteiger partial charge in [0.1, 0.15) is 5.82 Å². The second-order valence-corrected chi connectivity index (χ2v) is 5.83. The van der Waals surface area contributed by atoms with Gasteiger partial charge in [-0.2, -0.15) is 0 Å². The van der Waals surface area contributed by atoms with E-state index in [-0.39, 0.29) is 4.90 Å². The Morgan fingerprint density at radius 2 is 1.90 bits per heavy atom. The van der Waals surface area contributed by atoms with Crippen molar-refractivity contribution >= 4 is 21.5 Å². The van der Waals surface area contributed by atoms with E-state index in [4.69, 9.17) is 0 Å². The Bertz CT molecular complexity index is 659. The number of pyridine rings is 2. The molecule has 2 aromatic rings. The van der Waals surface area contributed by atoms with E-state index < -0.39 is 10.0 Å². The summed E-state index contributed by atoms with van der Waals surface area (Å²) in [5.41, 5.74) is 0.472. The highest BCUT2D eigenvalue weighted by Crippen LogP contribution is 2.17. The fourth-order valence-corrected chi connectivity index (χ4v) is 2.63. The van der Waals surface area contributed by atoms with Crippen LogP contribution < -0.4 is 10.0 Å². The Kier molecular flexibility index (Phi) is 4.52. The molecule has 2 heterocycles. The maximum atomic E-state index is 12.2. The van der Waals surface area contributed by atoms with Crippen LogP contribution in [0.4, 0.5) is 11.5 Å². The Morgan fingerprint density at radius 3 is 2.60 bits per heavy atom. The molecule has 6 nitrogen and oxygen atoms in total. The first kappa shape index (κ1) is 14.3. The molecule has 0 spiro atoms. The summed E-state index contributed by atoms with van der Waals surface area (Å²) in [6.45, 7) is 2.77. The molecule has 2 N–H and O–H groups in total. The highest BCUT2D eigenvalue weighted by atomic mass is 32.2. The third kappa shape index (κ3) is 3.67. The summed E-state index contributed by atoms with van der Waals surface area (Å²) < 4.78 is 27.0. The summed E-state index contributed by atoms with van der Waals surface area (Å²) in [7, 11) is -3.62. The summed E-state index contributed by atoms with van der Waals surface area (Å²) in [6.07, 6.45) is 5.46. The van der Waals surface area contributed by atoms with Gasteiger partial charge in [-0.3, -0.25) is 9.71 Å². The van der Waals surface area contributed by atoms with Gasteiger partial charge in [0.2, 0.25) is 0 Å². The molecular weight excluding hydrogens is 276 g/mol. The average molecular weight is 292 g/mol. The van der Waals surface area contributed by atoms with Crippen LogP contribution in [0.5, 0.6) is 0 Å². The van der Waals surface area contributed by atoms with Crippen LogP contribution in [0.25, 0.3) is 0 Å². The number of nitrogens with zero attached hydrogens (tertiary/aromatic N) is 2. The van der Waals surface area contributed by atoms with Crippen molar-refractivity contribution in [1.82, 2.24) is 9.97 Å². The molecule has 0 aliphatic heterocycles. The first-order chi connectivity index (χ1) is 9.62. The van der Waals surface area contributed by atoms with Crippen LogP contribution >= 0.6 is 0 Å². The van der Waals surface area contributed by atoms with E-state index in [0.29, 0.717) is 11.5 Å². The standard InChI is InChI=1S/C13H16N4O2S/c1-2-6-15-13-10-12(5-9-16-13)20(18,19)17-11-3-7-14-8-4-11/h3-5,7-10H,2,6H2,1H3,(H,14,17)(H,15,16). The lowest BCUT2D eigenvalue weighted by molar-refractivity contribution is 0.601. The normalized spacial score (nSPS) is 11.1. The van der Waals surface area contributed by atoms with E-state index in [1.807, 2.05) is 6.92 Å². The van der Waals surface area contributed by atoms with E-state index in [2.05, 4.69) is 20.0 Å². The quantitative estimate of drug-likeness (QED) is 0.851. The zero-order valence-electron chi connectivity index (χ0n) is 11.1. The van der Waals surface area contributed by atoms with Crippen molar-refractivity contribution in [2.45, 2.75) is 18.2 Å². The van der Waals surface area contributed by atoms with E-state index in [0.717, 1.165) is 13.0 Å². The van der Waals surface area contributed by atoms with Gasteiger partial charge in [-0.25, -0.2) is 13.4 Å². The molecule has 0 aliphatic rings. The summed E-state index contributed by atoms with van der Waals surface area (Å²) in [6, 6.07) is 6.16. The van der Waals surface area contributed by atoms with E-state index in [1.165, 1.54) is 30.7 Å². The number of hydrogen-bond donors (Lipinski definition) is 2. The van der Waals surface area contributed by atoms with E-state index >= 15 is 0 Å². The Labute approximate surface area is 118 Å². The van der Waals surface area contributed by atoms with Crippen molar-refractivity contribution in [3.8, 4) is 0 Å². The highest BCUT2D eigenvalue weighted by molar-refractivity contribution is 7.92. The van der Waals surface area contributed by atoms with Crippen molar-refractivity contribution in [2.75, 3.05) is 16.6 Å². The van der Waals surface area contributed by atoms with Gasteiger partial charge in [0.15, 0.2) is 0 Å². The maximum Gasteiger partial charge on any atom is 0.262 e. The molecule has 0 saturated heterocycles. The third-order valence-electron chi connectivity index (χ3n) is 2.53. The third-order valence-corrected chi connectivity index (χ3v) is 3.91. The van der Waals surface area contributed by atoms with Gasteiger partial charge in [0, 0.05) is 31.2 Å². The van der Waals surface area contributed by atoms with Crippen molar-refractivity contribution in [3.05, 3.63) is 42.9 Å². The fourth-order valence-electron chi connectivity index (χ4n) is 1.56. The number of sulfonamides is 1. The number of hydrogen-bond acceptors (Lipinski definition) is 5. The zero-order chi connectivity index (χ0) is 14.4. The summed E-state index contributed by atoms with van der Waals surface area (Å²) >= 11 is 0. The molecule has 0 aromatic carbocycles.